The number of sulfone groups is 2. The molecule has 0 aromatic rings. The molecule has 0 N–H and O–H groups in total. The van der Waals surface area contributed by atoms with Gasteiger partial charge in [0, 0.05) is 0 Å². The summed E-state index contributed by atoms with van der Waals surface area (Å²) in [6.07, 6.45) is -2.09. The monoisotopic (exact) mass is 392 g/mol. The van der Waals surface area contributed by atoms with Gasteiger partial charge in [0.2, 0.25) is 0 Å². The number of hydrogen-bond donors (Lipinski definition) is 0. The van der Waals surface area contributed by atoms with E-state index in [1.807, 2.05) is 0 Å². The standard InChI is InChI=1S/C10H14F6O5S2/c1-3-7(21-4-2)5-6-8(22(17,18)9(11,12)13)23(19,20)10(14,15)16/h4,7-8H,2-3,5-6H2,1H3. The molecule has 0 aliphatic rings. The molecule has 0 aromatic carbocycles. The molecule has 23 heavy (non-hydrogen) atoms. The van der Waals surface area contributed by atoms with Crippen LogP contribution in [0.1, 0.15) is 26.2 Å². The molecular weight excluding hydrogens is 378 g/mol. The van der Waals surface area contributed by atoms with Crippen molar-refractivity contribution in [1.82, 2.24) is 0 Å². The van der Waals surface area contributed by atoms with Crippen molar-refractivity contribution >= 4 is 19.7 Å². The van der Waals surface area contributed by atoms with E-state index >= 15 is 0 Å². The Balaban J connectivity index is 5.83. The summed E-state index contributed by atoms with van der Waals surface area (Å²) in [6.45, 7) is 4.59. The summed E-state index contributed by atoms with van der Waals surface area (Å²) in [4.78, 5) is 0. The van der Waals surface area contributed by atoms with E-state index in [1.165, 1.54) is 6.92 Å². The van der Waals surface area contributed by atoms with Gasteiger partial charge in [-0.2, -0.15) is 26.3 Å². The maximum atomic E-state index is 12.5. The normalized spacial score (nSPS) is 15.5. The Morgan fingerprint density at radius 2 is 1.35 bits per heavy atom. The van der Waals surface area contributed by atoms with Crippen LogP contribution in [-0.2, 0) is 24.4 Å². The number of halogens is 6. The van der Waals surface area contributed by atoms with Crippen LogP contribution < -0.4 is 0 Å². The van der Waals surface area contributed by atoms with Crippen molar-refractivity contribution in [3.8, 4) is 0 Å². The molecule has 0 radical (unpaired) electrons. The molecule has 138 valence electrons. The lowest BCUT2D eigenvalue weighted by atomic mass is 10.1. The predicted octanol–water partition coefficient (Wildman–Crippen LogP) is 2.90. The summed E-state index contributed by atoms with van der Waals surface area (Å²) < 4.78 is 121. The van der Waals surface area contributed by atoms with E-state index < -0.39 is 54.2 Å². The second-order valence-corrected chi connectivity index (χ2v) is 8.86. The van der Waals surface area contributed by atoms with Gasteiger partial charge >= 0.3 is 11.0 Å². The third-order valence-electron chi connectivity index (χ3n) is 2.81. The van der Waals surface area contributed by atoms with Gasteiger partial charge in [-0.15, -0.1) is 0 Å². The van der Waals surface area contributed by atoms with E-state index in [1.54, 1.807) is 0 Å². The van der Waals surface area contributed by atoms with E-state index in [2.05, 4.69) is 6.58 Å². The first-order valence-corrected chi connectivity index (χ1v) is 9.08. The molecule has 0 bridgehead atoms. The lowest BCUT2D eigenvalue weighted by molar-refractivity contribution is -0.0474. The average Bonchev–Trinajstić information content (AvgIpc) is 2.34. The van der Waals surface area contributed by atoms with Crippen molar-refractivity contribution in [1.29, 1.82) is 0 Å². The van der Waals surface area contributed by atoms with Gasteiger partial charge in [0.25, 0.3) is 19.7 Å². The maximum absolute atomic E-state index is 12.5. The largest absolute Gasteiger partial charge is 0.499 e. The zero-order valence-corrected chi connectivity index (χ0v) is 13.3. The molecule has 0 rings (SSSR count). The summed E-state index contributed by atoms with van der Waals surface area (Å²) in [5, 5.41) is 0. The summed E-state index contributed by atoms with van der Waals surface area (Å²) in [6, 6.07) is 0. The van der Waals surface area contributed by atoms with Crippen molar-refractivity contribution in [2.45, 2.75) is 47.9 Å². The summed E-state index contributed by atoms with van der Waals surface area (Å²) in [5.41, 5.74) is -12.3. The molecule has 0 spiro atoms. The highest BCUT2D eigenvalue weighted by molar-refractivity contribution is 8.09. The van der Waals surface area contributed by atoms with Gasteiger partial charge in [0.1, 0.15) is 0 Å². The summed E-state index contributed by atoms with van der Waals surface area (Å²) in [7, 11) is -13.2. The molecule has 0 saturated heterocycles. The number of hydrogen-bond acceptors (Lipinski definition) is 5. The van der Waals surface area contributed by atoms with Gasteiger partial charge in [-0.05, 0) is 19.3 Å². The topological polar surface area (TPSA) is 77.5 Å². The molecule has 13 heteroatoms. The van der Waals surface area contributed by atoms with Crippen LogP contribution in [0.25, 0.3) is 0 Å². The lowest BCUT2D eigenvalue weighted by Crippen LogP contribution is -2.45. The molecule has 1 unspecified atom stereocenters. The first kappa shape index (κ1) is 22.0. The first-order valence-electron chi connectivity index (χ1n) is 5.99. The molecule has 0 saturated carbocycles. The molecule has 1 atom stereocenters. The second kappa shape index (κ2) is 7.28. The minimum absolute atomic E-state index is 0.0941. The highest BCUT2D eigenvalue weighted by Crippen LogP contribution is 2.38. The number of alkyl halides is 6. The maximum Gasteiger partial charge on any atom is 0.498 e. The third-order valence-corrected chi connectivity index (χ3v) is 7.47. The Morgan fingerprint density at radius 1 is 0.957 bits per heavy atom. The van der Waals surface area contributed by atoms with Crippen molar-refractivity contribution in [3.63, 3.8) is 0 Å². The van der Waals surface area contributed by atoms with Crippen LogP contribution in [0.2, 0.25) is 0 Å². The van der Waals surface area contributed by atoms with Crippen LogP contribution in [0.5, 0.6) is 0 Å². The lowest BCUT2D eigenvalue weighted by Gasteiger charge is -2.22. The highest BCUT2D eigenvalue weighted by Gasteiger charge is 2.62. The molecule has 0 aliphatic heterocycles. The fourth-order valence-electron chi connectivity index (χ4n) is 1.60. The van der Waals surface area contributed by atoms with Crippen molar-refractivity contribution < 1.29 is 47.9 Å². The Morgan fingerprint density at radius 3 is 1.61 bits per heavy atom. The minimum atomic E-state index is -6.59. The van der Waals surface area contributed by atoms with Crippen LogP contribution in [0.3, 0.4) is 0 Å². The van der Waals surface area contributed by atoms with E-state index in [0.29, 0.717) is 0 Å². The van der Waals surface area contributed by atoms with Gasteiger partial charge in [0.05, 0.1) is 12.4 Å². The van der Waals surface area contributed by atoms with E-state index in [-0.39, 0.29) is 6.42 Å². The second-order valence-electron chi connectivity index (χ2n) is 4.32. The van der Waals surface area contributed by atoms with Crippen molar-refractivity contribution in [2.75, 3.05) is 0 Å². The van der Waals surface area contributed by atoms with Gasteiger partial charge in [-0.25, -0.2) is 16.8 Å². The van der Waals surface area contributed by atoms with Crippen LogP contribution in [-0.4, -0.2) is 38.5 Å². The molecule has 0 heterocycles. The molecule has 0 fully saturated rings. The van der Waals surface area contributed by atoms with E-state index in [9.17, 15) is 43.2 Å². The zero-order chi connectivity index (χ0) is 18.7. The summed E-state index contributed by atoms with van der Waals surface area (Å²) >= 11 is 0. The number of ether oxygens (including phenoxy) is 1. The first-order chi connectivity index (χ1) is 10.1. The summed E-state index contributed by atoms with van der Waals surface area (Å²) in [5.74, 6) is 0. The van der Waals surface area contributed by atoms with Crippen molar-refractivity contribution in [2.24, 2.45) is 0 Å². The minimum Gasteiger partial charge on any atom is -0.499 e. The Kier molecular flexibility index (Phi) is 6.97. The van der Waals surface area contributed by atoms with Gasteiger partial charge < -0.3 is 4.74 Å². The quantitative estimate of drug-likeness (QED) is 0.469. The molecule has 0 amide bonds. The van der Waals surface area contributed by atoms with Crippen LogP contribution in [0, 0.1) is 0 Å². The Hall–Kier alpha value is -0.980. The molecule has 5 nitrogen and oxygen atoms in total. The Bertz CT molecular complexity index is 561. The van der Waals surface area contributed by atoms with E-state index in [4.69, 9.17) is 4.74 Å². The molecule has 0 aromatic heterocycles. The van der Waals surface area contributed by atoms with Crippen molar-refractivity contribution in [3.05, 3.63) is 12.8 Å². The zero-order valence-electron chi connectivity index (χ0n) is 11.7. The van der Waals surface area contributed by atoms with Crippen LogP contribution in [0.15, 0.2) is 12.8 Å². The fourth-order valence-corrected chi connectivity index (χ4v) is 5.08. The third kappa shape index (κ3) is 4.99. The Labute approximate surface area is 129 Å². The van der Waals surface area contributed by atoms with Crippen LogP contribution >= 0.6 is 0 Å². The average molecular weight is 392 g/mol. The SMILES string of the molecule is C=COC(CC)CCC(S(=O)(=O)C(F)(F)F)S(=O)(=O)C(F)(F)F. The number of rotatable bonds is 8. The van der Waals surface area contributed by atoms with Crippen LogP contribution in [0.4, 0.5) is 26.3 Å². The molecular formula is C10H14F6O5S2. The fraction of sp³-hybridized carbons (Fsp3) is 0.800. The highest BCUT2D eigenvalue weighted by atomic mass is 32.3. The van der Waals surface area contributed by atoms with Gasteiger partial charge in [-0.3, -0.25) is 0 Å². The van der Waals surface area contributed by atoms with E-state index in [0.717, 1.165) is 6.26 Å². The molecule has 0 aliphatic carbocycles. The van der Waals surface area contributed by atoms with Gasteiger partial charge in [0.15, 0.2) is 4.58 Å². The predicted molar refractivity (Wildman–Crippen MR) is 68.3 cm³/mol. The smallest absolute Gasteiger partial charge is 0.498 e. The van der Waals surface area contributed by atoms with Gasteiger partial charge in [-0.1, -0.05) is 13.5 Å².